The van der Waals surface area contributed by atoms with Gasteiger partial charge in [-0.15, -0.1) is 0 Å². The zero-order chi connectivity index (χ0) is 14.8. The zero-order valence-corrected chi connectivity index (χ0v) is 12.7. The summed E-state index contributed by atoms with van der Waals surface area (Å²) in [6.07, 6.45) is 4.98. The fourth-order valence-electron chi connectivity index (χ4n) is 1.87. The summed E-state index contributed by atoms with van der Waals surface area (Å²) >= 11 is 3.46. The molecule has 0 spiro atoms. The lowest BCUT2D eigenvalue weighted by Crippen LogP contribution is -2.08. The van der Waals surface area contributed by atoms with Gasteiger partial charge in [-0.2, -0.15) is 15.0 Å². The molecule has 0 aliphatic heterocycles. The molecule has 7 nitrogen and oxygen atoms in total. The van der Waals surface area contributed by atoms with Crippen LogP contribution in [0.25, 0.3) is 5.95 Å². The van der Waals surface area contributed by atoms with Crippen LogP contribution in [0.4, 0.5) is 17.6 Å². The molecule has 0 saturated carbocycles. The number of anilines is 3. The molecule has 8 heteroatoms. The number of nitrogen functional groups attached to an aromatic ring is 1. The van der Waals surface area contributed by atoms with E-state index in [2.05, 4.69) is 41.2 Å². The Kier molecular flexibility index (Phi) is 3.53. The first-order valence-electron chi connectivity index (χ1n) is 6.14. The molecule has 21 heavy (non-hydrogen) atoms. The van der Waals surface area contributed by atoms with Crippen molar-refractivity contribution in [1.29, 1.82) is 0 Å². The molecular formula is C13H12BrN7. The molecule has 0 aliphatic carbocycles. The molecule has 0 unspecified atom stereocenters. The molecule has 0 fully saturated rings. The van der Waals surface area contributed by atoms with E-state index in [0.29, 0.717) is 11.9 Å². The maximum absolute atomic E-state index is 5.73. The van der Waals surface area contributed by atoms with Gasteiger partial charge in [0.2, 0.25) is 17.8 Å². The van der Waals surface area contributed by atoms with Crippen molar-refractivity contribution in [3.63, 3.8) is 0 Å². The van der Waals surface area contributed by atoms with Crippen LogP contribution in [0.5, 0.6) is 0 Å². The Bertz CT molecular complexity index is 750. The topological polar surface area (TPSA) is 94.5 Å². The molecule has 0 radical (unpaired) electrons. The minimum Gasteiger partial charge on any atom is -0.368 e. The fraction of sp³-hybridized carbons (Fsp3) is 0.0769. The average Bonchev–Trinajstić information content (AvgIpc) is 2.90. The Morgan fingerprint density at radius 3 is 2.76 bits per heavy atom. The number of hydrogen-bond donors (Lipinski definition) is 2. The second-order valence-corrected chi connectivity index (χ2v) is 5.35. The smallest absolute Gasteiger partial charge is 0.241 e. The first-order chi connectivity index (χ1) is 10.1. The number of imidazole rings is 1. The van der Waals surface area contributed by atoms with E-state index in [0.717, 1.165) is 15.7 Å². The number of hydrogen-bond acceptors (Lipinski definition) is 6. The van der Waals surface area contributed by atoms with Crippen molar-refractivity contribution in [2.24, 2.45) is 0 Å². The predicted octanol–water partition coefficient (Wildman–Crippen LogP) is 2.45. The van der Waals surface area contributed by atoms with Gasteiger partial charge in [0.15, 0.2) is 0 Å². The van der Waals surface area contributed by atoms with Crippen LogP contribution in [0.1, 0.15) is 5.56 Å². The highest BCUT2D eigenvalue weighted by Crippen LogP contribution is 2.21. The third-order valence-electron chi connectivity index (χ3n) is 2.67. The molecule has 3 N–H and O–H groups in total. The van der Waals surface area contributed by atoms with Crippen LogP contribution in [-0.4, -0.2) is 24.5 Å². The van der Waals surface area contributed by atoms with Crippen molar-refractivity contribution >= 4 is 33.5 Å². The Morgan fingerprint density at radius 2 is 2.05 bits per heavy atom. The Morgan fingerprint density at radius 1 is 1.19 bits per heavy atom. The number of nitrogens with one attached hydrogen (secondary N) is 1. The molecule has 2 aromatic heterocycles. The second kappa shape index (κ2) is 5.49. The SMILES string of the molecule is Cc1cc(Br)cc(Nc2nc(N)nc(-n3ccnc3)n2)c1. The van der Waals surface area contributed by atoms with E-state index in [1.54, 1.807) is 23.3 Å². The van der Waals surface area contributed by atoms with Crippen molar-refractivity contribution in [1.82, 2.24) is 24.5 Å². The molecule has 2 heterocycles. The molecule has 0 atom stereocenters. The van der Waals surface area contributed by atoms with Gasteiger partial charge in [-0.1, -0.05) is 15.9 Å². The van der Waals surface area contributed by atoms with E-state index in [-0.39, 0.29) is 5.95 Å². The van der Waals surface area contributed by atoms with Gasteiger partial charge in [-0.05, 0) is 30.7 Å². The average molecular weight is 346 g/mol. The number of nitrogens with zero attached hydrogens (tertiary/aromatic N) is 5. The highest BCUT2D eigenvalue weighted by Gasteiger charge is 2.07. The van der Waals surface area contributed by atoms with E-state index in [4.69, 9.17) is 5.73 Å². The molecule has 3 rings (SSSR count). The van der Waals surface area contributed by atoms with Gasteiger partial charge in [0.05, 0.1) is 0 Å². The van der Waals surface area contributed by atoms with E-state index < -0.39 is 0 Å². The minimum absolute atomic E-state index is 0.142. The predicted molar refractivity (Wildman–Crippen MR) is 83.5 cm³/mol. The van der Waals surface area contributed by atoms with Gasteiger partial charge < -0.3 is 11.1 Å². The van der Waals surface area contributed by atoms with Crippen molar-refractivity contribution in [3.05, 3.63) is 47.0 Å². The maximum atomic E-state index is 5.73. The zero-order valence-electron chi connectivity index (χ0n) is 11.2. The highest BCUT2D eigenvalue weighted by molar-refractivity contribution is 9.10. The first kappa shape index (κ1) is 13.5. The molecular weight excluding hydrogens is 334 g/mol. The maximum Gasteiger partial charge on any atom is 0.241 e. The third-order valence-corrected chi connectivity index (χ3v) is 3.13. The molecule has 0 amide bonds. The summed E-state index contributed by atoms with van der Waals surface area (Å²) in [5.41, 5.74) is 7.71. The molecule has 0 bridgehead atoms. The monoisotopic (exact) mass is 345 g/mol. The lowest BCUT2D eigenvalue weighted by atomic mass is 10.2. The Hall–Kier alpha value is -2.48. The summed E-state index contributed by atoms with van der Waals surface area (Å²) < 4.78 is 2.64. The normalized spacial score (nSPS) is 10.6. The quantitative estimate of drug-likeness (QED) is 0.757. The van der Waals surface area contributed by atoms with Gasteiger partial charge in [0, 0.05) is 22.6 Å². The van der Waals surface area contributed by atoms with Crippen molar-refractivity contribution < 1.29 is 0 Å². The molecule has 1 aromatic carbocycles. The Balaban J connectivity index is 1.95. The van der Waals surface area contributed by atoms with Gasteiger partial charge in [-0.25, -0.2) is 4.98 Å². The number of aromatic nitrogens is 5. The van der Waals surface area contributed by atoms with Crippen molar-refractivity contribution in [2.45, 2.75) is 6.92 Å². The second-order valence-electron chi connectivity index (χ2n) is 4.43. The lowest BCUT2D eigenvalue weighted by Gasteiger charge is -2.08. The standard InChI is InChI=1S/C13H12BrN7/c1-8-4-9(14)6-10(5-8)17-12-18-11(15)19-13(20-12)21-3-2-16-7-21/h2-7H,1H3,(H3,15,17,18,19,20). The fourth-order valence-corrected chi connectivity index (χ4v) is 2.47. The highest BCUT2D eigenvalue weighted by atomic mass is 79.9. The lowest BCUT2D eigenvalue weighted by molar-refractivity contribution is 0.906. The van der Waals surface area contributed by atoms with E-state index >= 15 is 0 Å². The summed E-state index contributed by atoms with van der Waals surface area (Å²) in [5, 5.41) is 3.12. The molecule has 0 aliphatic rings. The number of aryl methyl sites for hydroxylation is 1. The summed E-state index contributed by atoms with van der Waals surface area (Å²) in [6, 6.07) is 5.94. The van der Waals surface area contributed by atoms with Crippen LogP contribution in [-0.2, 0) is 0 Å². The van der Waals surface area contributed by atoms with Crippen LogP contribution < -0.4 is 11.1 Å². The number of halogens is 1. The van der Waals surface area contributed by atoms with Crippen LogP contribution in [0.15, 0.2) is 41.4 Å². The van der Waals surface area contributed by atoms with E-state index in [1.165, 1.54) is 0 Å². The van der Waals surface area contributed by atoms with Gasteiger partial charge in [0.25, 0.3) is 0 Å². The van der Waals surface area contributed by atoms with Crippen LogP contribution in [0.3, 0.4) is 0 Å². The number of benzene rings is 1. The van der Waals surface area contributed by atoms with E-state index in [1.807, 2.05) is 25.1 Å². The minimum atomic E-state index is 0.142. The van der Waals surface area contributed by atoms with Crippen LogP contribution >= 0.6 is 15.9 Å². The molecule has 106 valence electrons. The molecule has 3 aromatic rings. The van der Waals surface area contributed by atoms with Crippen molar-refractivity contribution in [2.75, 3.05) is 11.1 Å². The molecule has 0 saturated heterocycles. The number of rotatable bonds is 3. The van der Waals surface area contributed by atoms with Crippen LogP contribution in [0.2, 0.25) is 0 Å². The van der Waals surface area contributed by atoms with E-state index in [9.17, 15) is 0 Å². The summed E-state index contributed by atoms with van der Waals surface area (Å²) in [5.74, 6) is 0.931. The number of nitrogens with two attached hydrogens (primary N) is 1. The first-order valence-corrected chi connectivity index (χ1v) is 6.93. The third kappa shape index (κ3) is 3.16. The summed E-state index contributed by atoms with van der Waals surface area (Å²) in [4.78, 5) is 16.5. The van der Waals surface area contributed by atoms with Gasteiger partial charge in [-0.3, -0.25) is 4.57 Å². The summed E-state index contributed by atoms with van der Waals surface area (Å²) in [6.45, 7) is 2.01. The van der Waals surface area contributed by atoms with Crippen molar-refractivity contribution in [3.8, 4) is 5.95 Å². The van der Waals surface area contributed by atoms with Gasteiger partial charge in [0.1, 0.15) is 6.33 Å². The largest absolute Gasteiger partial charge is 0.368 e. The van der Waals surface area contributed by atoms with Crippen LogP contribution in [0, 0.1) is 6.92 Å². The summed E-state index contributed by atoms with van der Waals surface area (Å²) in [7, 11) is 0. The van der Waals surface area contributed by atoms with Gasteiger partial charge >= 0.3 is 0 Å². The Labute approximate surface area is 129 Å².